The monoisotopic (exact) mass is 515 g/mol. The van der Waals surface area contributed by atoms with Crippen LogP contribution in [0, 0.1) is 18.8 Å². The molecular weight excluding hydrogens is 474 g/mol. The van der Waals surface area contributed by atoms with Crippen molar-refractivity contribution in [2.24, 2.45) is 11.8 Å². The number of imidazole rings is 1. The number of benzene rings is 1. The molecule has 1 unspecified atom stereocenters. The average Bonchev–Trinajstić information content (AvgIpc) is 3.32. The number of fused-ring (bicyclic) bond motifs is 1. The minimum absolute atomic E-state index is 0.133. The molecule has 2 aromatic rings. The second-order valence-electron chi connectivity index (χ2n) is 11.6. The standard InChI is InChI=1S/C31H41N5O2/c1-23-29(36-22-26(13-14-28(36)32-23)31(38)34-15-6-3-7-16-34)25-11-8-12-27(21-25)33-17-19-35(20-18-33)30(37)24-9-4-2-5-10-24/h8,11-14,21,24,26H,2-7,9-10,15-20,22H2,1H3. The smallest absolute Gasteiger partial charge is 0.231 e. The number of rotatable bonds is 4. The maximum Gasteiger partial charge on any atom is 0.231 e. The van der Waals surface area contributed by atoms with Crippen LogP contribution >= 0.6 is 0 Å². The summed E-state index contributed by atoms with van der Waals surface area (Å²) in [5.74, 6) is 1.67. The van der Waals surface area contributed by atoms with Crippen LogP contribution in [0.1, 0.15) is 62.9 Å². The van der Waals surface area contributed by atoms with Crippen molar-refractivity contribution in [2.75, 3.05) is 44.2 Å². The first-order valence-corrected chi connectivity index (χ1v) is 14.8. The molecule has 6 rings (SSSR count). The zero-order chi connectivity index (χ0) is 26.1. The van der Waals surface area contributed by atoms with Gasteiger partial charge in [0.1, 0.15) is 5.82 Å². The van der Waals surface area contributed by atoms with Crippen molar-refractivity contribution in [1.29, 1.82) is 0 Å². The number of likely N-dealkylation sites (tertiary alicyclic amines) is 1. The molecule has 2 saturated heterocycles. The molecule has 1 aromatic heterocycles. The molecule has 1 saturated carbocycles. The highest BCUT2D eigenvalue weighted by Crippen LogP contribution is 2.33. The minimum atomic E-state index is -0.133. The maximum atomic E-state index is 13.3. The number of carbonyl (C=O) groups is 2. The molecule has 4 heterocycles. The Morgan fingerprint density at radius 2 is 1.55 bits per heavy atom. The van der Waals surface area contributed by atoms with Crippen LogP contribution in [-0.4, -0.2) is 70.4 Å². The Morgan fingerprint density at radius 3 is 2.32 bits per heavy atom. The summed E-state index contributed by atoms with van der Waals surface area (Å²) >= 11 is 0. The van der Waals surface area contributed by atoms with Crippen LogP contribution < -0.4 is 4.90 Å². The topological polar surface area (TPSA) is 61.7 Å². The third kappa shape index (κ3) is 4.99. The zero-order valence-corrected chi connectivity index (χ0v) is 22.8. The molecule has 7 nitrogen and oxygen atoms in total. The van der Waals surface area contributed by atoms with Gasteiger partial charge in [-0.3, -0.25) is 9.59 Å². The van der Waals surface area contributed by atoms with E-state index in [-0.39, 0.29) is 17.7 Å². The van der Waals surface area contributed by atoms with Crippen LogP contribution in [0.15, 0.2) is 30.3 Å². The lowest BCUT2D eigenvalue weighted by Crippen LogP contribution is -2.50. The lowest BCUT2D eigenvalue weighted by molar-refractivity contribution is -0.137. The van der Waals surface area contributed by atoms with Crippen molar-refractivity contribution < 1.29 is 9.59 Å². The summed E-state index contributed by atoms with van der Waals surface area (Å²) in [6.07, 6.45) is 13.3. The van der Waals surface area contributed by atoms with Crippen molar-refractivity contribution in [1.82, 2.24) is 19.4 Å². The Bertz CT molecular complexity index is 1200. The Morgan fingerprint density at radius 1 is 0.842 bits per heavy atom. The predicted molar refractivity (Wildman–Crippen MR) is 151 cm³/mol. The Labute approximate surface area is 226 Å². The van der Waals surface area contributed by atoms with Gasteiger partial charge in [0.25, 0.3) is 0 Å². The Balaban J connectivity index is 1.16. The quantitative estimate of drug-likeness (QED) is 0.590. The summed E-state index contributed by atoms with van der Waals surface area (Å²) in [7, 11) is 0. The number of hydrogen-bond donors (Lipinski definition) is 0. The van der Waals surface area contributed by atoms with Crippen LogP contribution in [0.5, 0.6) is 0 Å². The molecule has 1 aromatic carbocycles. The third-order valence-electron chi connectivity index (χ3n) is 9.04. The fourth-order valence-electron chi connectivity index (χ4n) is 6.88. The van der Waals surface area contributed by atoms with Crippen LogP contribution in [0.25, 0.3) is 17.3 Å². The molecule has 1 aliphatic carbocycles. The van der Waals surface area contributed by atoms with Crippen LogP contribution in [-0.2, 0) is 16.1 Å². The van der Waals surface area contributed by atoms with E-state index >= 15 is 0 Å². The van der Waals surface area contributed by atoms with Gasteiger partial charge in [-0.15, -0.1) is 0 Å². The van der Waals surface area contributed by atoms with E-state index in [1.807, 2.05) is 17.1 Å². The number of amides is 2. The first-order valence-electron chi connectivity index (χ1n) is 14.8. The zero-order valence-electron chi connectivity index (χ0n) is 22.8. The van der Waals surface area contributed by atoms with Crippen molar-refractivity contribution in [3.8, 4) is 11.3 Å². The molecule has 0 N–H and O–H groups in total. The highest BCUT2D eigenvalue weighted by atomic mass is 16.2. The van der Waals surface area contributed by atoms with Gasteiger partial charge >= 0.3 is 0 Å². The molecule has 202 valence electrons. The van der Waals surface area contributed by atoms with Crippen LogP contribution in [0.2, 0.25) is 0 Å². The fourth-order valence-corrected chi connectivity index (χ4v) is 6.88. The summed E-state index contributed by atoms with van der Waals surface area (Å²) in [6, 6.07) is 8.71. The number of anilines is 1. The van der Waals surface area contributed by atoms with E-state index in [0.717, 1.165) is 87.7 Å². The van der Waals surface area contributed by atoms with Gasteiger partial charge in [-0.05, 0) is 57.2 Å². The molecule has 0 radical (unpaired) electrons. The average molecular weight is 516 g/mol. The van der Waals surface area contributed by atoms with E-state index < -0.39 is 0 Å². The van der Waals surface area contributed by atoms with Gasteiger partial charge in [0.2, 0.25) is 11.8 Å². The third-order valence-corrected chi connectivity index (χ3v) is 9.04. The van der Waals surface area contributed by atoms with E-state index in [2.05, 4.69) is 45.6 Å². The van der Waals surface area contributed by atoms with Gasteiger partial charge in [-0.1, -0.05) is 37.5 Å². The molecule has 3 fully saturated rings. The lowest BCUT2D eigenvalue weighted by atomic mass is 9.88. The second-order valence-corrected chi connectivity index (χ2v) is 11.6. The van der Waals surface area contributed by atoms with Gasteiger partial charge in [0.15, 0.2) is 0 Å². The first-order chi connectivity index (χ1) is 18.6. The summed E-state index contributed by atoms with van der Waals surface area (Å²) < 4.78 is 2.24. The summed E-state index contributed by atoms with van der Waals surface area (Å²) in [5.41, 5.74) is 4.43. The number of carbonyl (C=O) groups excluding carboxylic acids is 2. The number of aromatic nitrogens is 2. The number of piperazine rings is 1. The Hall–Kier alpha value is -3.09. The van der Waals surface area contributed by atoms with Crippen LogP contribution in [0.4, 0.5) is 5.69 Å². The summed E-state index contributed by atoms with van der Waals surface area (Å²) in [6.45, 7) is 7.79. The van der Waals surface area contributed by atoms with Gasteiger partial charge < -0.3 is 19.3 Å². The normalized spacial score (nSPS) is 22.4. The van der Waals surface area contributed by atoms with Crippen LogP contribution in [0.3, 0.4) is 0 Å². The van der Waals surface area contributed by atoms with E-state index in [1.165, 1.54) is 31.4 Å². The van der Waals surface area contributed by atoms with Gasteiger partial charge in [0, 0.05) is 63.0 Å². The van der Waals surface area contributed by atoms with Crippen molar-refractivity contribution in [2.45, 2.75) is 64.8 Å². The molecular formula is C31H41N5O2. The minimum Gasteiger partial charge on any atom is -0.368 e. The van der Waals surface area contributed by atoms with Gasteiger partial charge in [-0.25, -0.2) is 4.98 Å². The van der Waals surface area contributed by atoms with Crippen molar-refractivity contribution >= 4 is 23.6 Å². The predicted octanol–water partition coefficient (Wildman–Crippen LogP) is 4.74. The second kappa shape index (κ2) is 11.0. The molecule has 7 heteroatoms. The van der Waals surface area contributed by atoms with E-state index in [0.29, 0.717) is 12.5 Å². The van der Waals surface area contributed by atoms with Gasteiger partial charge in [-0.2, -0.15) is 0 Å². The molecule has 1 atom stereocenters. The largest absolute Gasteiger partial charge is 0.368 e. The molecule has 38 heavy (non-hydrogen) atoms. The summed E-state index contributed by atoms with van der Waals surface area (Å²) in [5, 5.41) is 0. The molecule has 3 aliphatic heterocycles. The molecule has 2 amide bonds. The highest BCUT2D eigenvalue weighted by molar-refractivity contribution is 5.83. The van der Waals surface area contributed by atoms with Gasteiger partial charge in [0.05, 0.1) is 17.3 Å². The highest BCUT2D eigenvalue weighted by Gasteiger charge is 2.30. The SMILES string of the molecule is Cc1nc2n(c1-c1cccc(N3CCN(C(=O)C4CCCCC4)CC3)c1)CC(C(=O)N1CCCCC1)C=C2. The fraction of sp³-hybridized carbons (Fsp3) is 0.581. The molecule has 4 aliphatic rings. The number of nitrogens with zero attached hydrogens (tertiary/aromatic N) is 5. The maximum absolute atomic E-state index is 13.3. The van der Waals surface area contributed by atoms with E-state index in [9.17, 15) is 9.59 Å². The molecule has 0 spiro atoms. The lowest BCUT2D eigenvalue weighted by Gasteiger charge is -2.38. The van der Waals surface area contributed by atoms with Crippen molar-refractivity contribution in [3.05, 3.63) is 41.9 Å². The number of piperidine rings is 1. The number of hydrogen-bond acceptors (Lipinski definition) is 4. The van der Waals surface area contributed by atoms with Crippen molar-refractivity contribution in [3.63, 3.8) is 0 Å². The summed E-state index contributed by atoms with van der Waals surface area (Å²) in [4.78, 5) is 37.7. The first kappa shape index (κ1) is 25.2. The molecule has 0 bridgehead atoms. The van der Waals surface area contributed by atoms with E-state index in [4.69, 9.17) is 4.98 Å². The number of aryl methyl sites for hydroxylation is 1. The van der Waals surface area contributed by atoms with E-state index in [1.54, 1.807) is 0 Å². The Kier molecular flexibility index (Phi) is 7.26.